The van der Waals surface area contributed by atoms with Gasteiger partial charge in [0.15, 0.2) is 0 Å². The molecule has 0 aliphatic rings. The Bertz CT molecular complexity index is 689. The number of fused-ring (bicyclic) bond motifs is 1. The summed E-state index contributed by atoms with van der Waals surface area (Å²) in [6, 6.07) is 0. The number of imidazole rings is 1. The van der Waals surface area contributed by atoms with Crippen LogP contribution in [0.4, 0.5) is 13.2 Å². The largest absolute Gasteiger partial charge is 0.445 e. The van der Waals surface area contributed by atoms with E-state index >= 15 is 0 Å². The van der Waals surface area contributed by atoms with E-state index in [1.54, 1.807) is 0 Å². The lowest BCUT2D eigenvalue weighted by atomic mass is 10.3. The molecule has 0 aromatic carbocycles. The number of hydrogen-bond donors (Lipinski definition) is 0. The van der Waals surface area contributed by atoms with Crippen LogP contribution in [0.5, 0.6) is 0 Å². The second kappa shape index (κ2) is 4.72. The van der Waals surface area contributed by atoms with Gasteiger partial charge in [-0.25, -0.2) is 9.50 Å². The van der Waals surface area contributed by atoms with Crippen molar-refractivity contribution in [2.45, 2.75) is 12.6 Å². The Labute approximate surface area is 110 Å². The van der Waals surface area contributed by atoms with Gasteiger partial charge < -0.3 is 0 Å². The normalized spacial score (nSPS) is 13.3. The summed E-state index contributed by atoms with van der Waals surface area (Å²) in [5.41, 5.74) is 0.352. The number of nitrogens with zero attached hydrogens (tertiary/aromatic N) is 3. The average molecular weight is 315 g/mol. The molecular formula is C8H8F3N3O3S2. The fraction of sp³-hybridized carbons (Fsp3) is 0.500. The molecule has 2 aromatic rings. The van der Waals surface area contributed by atoms with Crippen LogP contribution in [0.1, 0.15) is 10.7 Å². The van der Waals surface area contributed by atoms with Crippen molar-refractivity contribution in [2.24, 2.45) is 0 Å². The van der Waals surface area contributed by atoms with E-state index in [1.807, 2.05) is 0 Å². The maximum Gasteiger partial charge on any atom is 0.445 e. The predicted molar refractivity (Wildman–Crippen MR) is 60.4 cm³/mol. The van der Waals surface area contributed by atoms with E-state index in [0.717, 1.165) is 10.8 Å². The average Bonchev–Trinajstić information content (AvgIpc) is 2.76. The van der Waals surface area contributed by atoms with Crippen molar-refractivity contribution >= 4 is 26.4 Å². The van der Waals surface area contributed by atoms with Gasteiger partial charge >= 0.3 is 6.18 Å². The molecule has 0 spiro atoms. The maximum atomic E-state index is 12.4. The monoisotopic (exact) mass is 315 g/mol. The van der Waals surface area contributed by atoms with E-state index in [9.17, 15) is 21.6 Å². The molecule has 19 heavy (non-hydrogen) atoms. The predicted octanol–water partition coefficient (Wildman–Crippen LogP) is 1.33. The number of aromatic nitrogens is 3. The molecule has 6 nitrogen and oxygen atoms in total. The van der Waals surface area contributed by atoms with E-state index in [2.05, 4.69) is 14.3 Å². The van der Waals surface area contributed by atoms with Crippen molar-refractivity contribution in [1.29, 1.82) is 0 Å². The highest BCUT2D eigenvalue weighted by atomic mass is 32.2. The summed E-state index contributed by atoms with van der Waals surface area (Å²) < 4.78 is 64.4. The minimum Gasteiger partial charge on any atom is -0.270 e. The molecule has 0 aliphatic carbocycles. The molecule has 0 N–H and O–H groups in total. The van der Waals surface area contributed by atoms with Crippen LogP contribution in [0.25, 0.3) is 4.96 Å². The Morgan fingerprint density at radius 3 is 2.74 bits per heavy atom. The molecule has 0 saturated heterocycles. The van der Waals surface area contributed by atoms with Gasteiger partial charge in [-0.1, -0.05) is 11.3 Å². The first-order valence-electron chi connectivity index (χ1n) is 4.92. The summed E-state index contributed by atoms with van der Waals surface area (Å²) >= 11 is 0.421. The Hall–Kier alpha value is -1.20. The molecule has 0 aliphatic heterocycles. The van der Waals surface area contributed by atoms with Gasteiger partial charge in [-0.05, 0) is 0 Å². The van der Waals surface area contributed by atoms with Crippen LogP contribution in [0, 0.1) is 0 Å². The lowest BCUT2D eigenvalue weighted by Crippen LogP contribution is -2.09. The van der Waals surface area contributed by atoms with Crippen molar-refractivity contribution < 1.29 is 25.8 Å². The van der Waals surface area contributed by atoms with Gasteiger partial charge in [0.25, 0.3) is 10.1 Å². The maximum absolute atomic E-state index is 12.4. The molecule has 106 valence electrons. The Morgan fingerprint density at radius 2 is 2.16 bits per heavy atom. The molecule has 0 bridgehead atoms. The fourth-order valence-electron chi connectivity index (χ4n) is 1.32. The van der Waals surface area contributed by atoms with E-state index in [1.165, 1.54) is 6.20 Å². The summed E-state index contributed by atoms with van der Waals surface area (Å²) in [5.74, 6) is 0. The third kappa shape index (κ3) is 3.42. The van der Waals surface area contributed by atoms with Crippen LogP contribution in [0.2, 0.25) is 0 Å². The first kappa shape index (κ1) is 14.2. The molecule has 0 radical (unpaired) electrons. The molecule has 0 unspecified atom stereocenters. The van der Waals surface area contributed by atoms with Crippen molar-refractivity contribution in [1.82, 2.24) is 14.6 Å². The van der Waals surface area contributed by atoms with Crippen LogP contribution >= 0.6 is 11.3 Å². The first-order valence-corrected chi connectivity index (χ1v) is 7.55. The number of hydrogen-bond acceptors (Lipinski definition) is 6. The van der Waals surface area contributed by atoms with Crippen LogP contribution in [0.3, 0.4) is 0 Å². The van der Waals surface area contributed by atoms with Crippen LogP contribution in [-0.4, -0.2) is 35.9 Å². The van der Waals surface area contributed by atoms with Gasteiger partial charge in [0, 0.05) is 6.42 Å². The fourth-order valence-corrected chi connectivity index (χ4v) is 2.47. The summed E-state index contributed by atoms with van der Waals surface area (Å²) in [5, 5.41) is 2.40. The topological polar surface area (TPSA) is 73.6 Å². The van der Waals surface area contributed by atoms with Gasteiger partial charge in [0.05, 0.1) is 24.8 Å². The lowest BCUT2D eigenvalue weighted by molar-refractivity contribution is -0.138. The van der Waals surface area contributed by atoms with Crippen molar-refractivity contribution in [3.63, 3.8) is 0 Å². The Kier molecular flexibility index (Phi) is 3.53. The van der Waals surface area contributed by atoms with Gasteiger partial charge in [0.1, 0.15) is 0 Å². The van der Waals surface area contributed by atoms with Crippen LogP contribution < -0.4 is 0 Å². The number of halogens is 3. The zero-order chi connectivity index (χ0) is 14.3. The van der Waals surface area contributed by atoms with Gasteiger partial charge in [-0.15, -0.1) is 5.10 Å². The number of rotatable bonds is 4. The molecule has 0 saturated carbocycles. The quantitative estimate of drug-likeness (QED) is 0.796. The number of alkyl halides is 3. The highest BCUT2D eigenvalue weighted by Gasteiger charge is 2.36. The molecule has 2 rings (SSSR count). The smallest absolute Gasteiger partial charge is 0.270 e. The minimum absolute atomic E-state index is 0.0925. The van der Waals surface area contributed by atoms with Crippen molar-refractivity contribution in [3.05, 3.63) is 16.9 Å². The third-order valence-electron chi connectivity index (χ3n) is 2.05. The minimum atomic E-state index is -4.52. The molecular weight excluding hydrogens is 307 g/mol. The van der Waals surface area contributed by atoms with E-state index in [4.69, 9.17) is 0 Å². The van der Waals surface area contributed by atoms with E-state index < -0.39 is 21.3 Å². The van der Waals surface area contributed by atoms with E-state index in [-0.39, 0.29) is 18.0 Å². The van der Waals surface area contributed by atoms with Gasteiger partial charge in [-0.2, -0.15) is 21.6 Å². The standard InChI is InChI=1S/C8H8F3N3O3S2/c1-19(15,16)17-3-2-5-4-12-7-14(5)13-6(18-7)8(9,10)11/h4H,2-3H2,1H3. The summed E-state index contributed by atoms with van der Waals surface area (Å²) in [6.07, 6.45) is -2.20. The summed E-state index contributed by atoms with van der Waals surface area (Å²) in [7, 11) is -3.58. The highest BCUT2D eigenvalue weighted by Crippen LogP contribution is 2.32. The molecule has 0 amide bonds. The molecule has 11 heteroatoms. The third-order valence-corrected chi connectivity index (χ3v) is 3.62. The van der Waals surface area contributed by atoms with E-state index in [0.29, 0.717) is 17.0 Å². The highest BCUT2D eigenvalue weighted by molar-refractivity contribution is 7.85. The molecule has 0 fully saturated rings. The lowest BCUT2D eigenvalue weighted by Gasteiger charge is -2.00. The second-order valence-electron chi connectivity index (χ2n) is 3.62. The summed E-state index contributed by atoms with van der Waals surface area (Å²) in [4.78, 5) is 3.88. The Morgan fingerprint density at radius 1 is 1.47 bits per heavy atom. The second-order valence-corrected chi connectivity index (χ2v) is 6.22. The SMILES string of the molecule is CS(=O)(=O)OCCc1cnc2sc(C(F)(F)F)nn12. The Balaban J connectivity index is 2.18. The van der Waals surface area contributed by atoms with Crippen LogP contribution in [0.15, 0.2) is 6.20 Å². The van der Waals surface area contributed by atoms with Crippen molar-refractivity contribution in [2.75, 3.05) is 12.9 Å². The summed E-state index contributed by atoms with van der Waals surface area (Å²) in [6.45, 7) is -0.175. The molecule has 0 atom stereocenters. The zero-order valence-electron chi connectivity index (χ0n) is 9.51. The van der Waals surface area contributed by atoms with Crippen LogP contribution in [-0.2, 0) is 26.9 Å². The van der Waals surface area contributed by atoms with Gasteiger partial charge in [0.2, 0.25) is 9.97 Å². The first-order chi connectivity index (χ1) is 8.67. The zero-order valence-corrected chi connectivity index (χ0v) is 11.1. The molecule has 2 aromatic heterocycles. The molecule has 2 heterocycles. The van der Waals surface area contributed by atoms with Crippen molar-refractivity contribution in [3.8, 4) is 0 Å². The van der Waals surface area contributed by atoms with Gasteiger partial charge in [-0.3, -0.25) is 4.18 Å².